The Bertz CT molecular complexity index is 1330. The summed E-state index contributed by atoms with van der Waals surface area (Å²) >= 11 is 1.43. The van der Waals surface area contributed by atoms with E-state index in [4.69, 9.17) is 0 Å². The zero-order chi connectivity index (χ0) is 24.8. The SMILES string of the molecule is CCc1ccc(NC(=O)CSc2cn(CCNC(=O)c3c(F)cccc3F)c3ccccc23)cc1. The molecule has 0 aliphatic carbocycles. The van der Waals surface area contributed by atoms with Gasteiger partial charge in [0.1, 0.15) is 17.2 Å². The van der Waals surface area contributed by atoms with Crippen LogP contribution in [0.4, 0.5) is 14.5 Å². The number of hydrogen-bond donors (Lipinski definition) is 2. The minimum atomic E-state index is -0.896. The summed E-state index contributed by atoms with van der Waals surface area (Å²) in [6.45, 7) is 2.67. The van der Waals surface area contributed by atoms with Gasteiger partial charge in [0.2, 0.25) is 5.91 Å². The highest BCUT2D eigenvalue weighted by Gasteiger charge is 2.17. The molecular weight excluding hydrogens is 468 g/mol. The molecule has 0 aliphatic heterocycles. The monoisotopic (exact) mass is 493 g/mol. The lowest BCUT2D eigenvalue weighted by Gasteiger charge is -2.09. The van der Waals surface area contributed by atoms with Crippen LogP contribution in [0.2, 0.25) is 0 Å². The summed E-state index contributed by atoms with van der Waals surface area (Å²) in [6, 6.07) is 18.9. The number of thioether (sulfide) groups is 1. The molecule has 1 aromatic heterocycles. The van der Waals surface area contributed by atoms with Crippen molar-refractivity contribution in [2.75, 3.05) is 17.6 Å². The average molecular weight is 494 g/mol. The molecule has 8 heteroatoms. The summed E-state index contributed by atoms with van der Waals surface area (Å²) in [4.78, 5) is 25.7. The number of rotatable bonds is 9. The molecule has 3 aromatic carbocycles. The normalized spacial score (nSPS) is 10.9. The molecule has 2 N–H and O–H groups in total. The second kappa shape index (κ2) is 11.2. The first-order valence-corrected chi connectivity index (χ1v) is 12.3. The van der Waals surface area contributed by atoms with E-state index in [1.807, 2.05) is 59.3 Å². The second-order valence-corrected chi connectivity index (χ2v) is 8.96. The minimum absolute atomic E-state index is 0.102. The molecule has 0 bridgehead atoms. The molecule has 0 spiro atoms. The van der Waals surface area contributed by atoms with Crippen LogP contribution >= 0.6 is 11.8 Å². The third kappa shape index (κ3) is 5.89. The lowest BCUT2D eigenvalue weighted by molar-refractivity contribution is -0.113. The van der Waals surface area contributed by atoms with E-state index >= 15 is 0 Å². The van der Waals surface area contributed by atoms with Crippen LogP contribution in [0.15, 0.2) is 77.8 Å². The van der Waals surface area contributed by atoms with Crippen molar-refractivity contribution < 1.29 is 18.4 Å². The number of carbonyl (C=O) groups is 2. The van der Waals surface area contributed by atoms with Gasteiger partial charge in [0.15, 0.2) is 0 Å². The fourth-order valence-electron chi connectivity index (χ4n) is 3.77. The zero-order valence-corrected chi connectivity index (χ0v) is 20.0. The van der Waals surface area contributed by atoms with E-state index < -0.39 is 23.1 Å². The lowest BCUT2D eigenvalue weighted by Crippen LogP contribution is -2.28. The van der Waals surface area contributed by atoms with Crippen molar-refractivity contribution in [3.8, 4) is 0 Å². The molecule has 0 atom stereocenters. The summed E-state index contributed by atoms with van der Waals surface area (Å²) in [5, 5.41) is 6.48. The van der Waals surface area contributed by atoms with Gasteiger partial charge in [-0.3, -0.25) is 9.59 Å². The molecule has 0 saturated carbocycles. The summed E-state index contributed by atoms with van der Waals surface area (Å²) in [6.07, 6.45) is 2.87. The predicted octanol–water partition coefficient (Wildman–Crippen LogP) is 5.64. The van der Waals surface area contributed by atoms with Gasteiger partial charge in [0.25, 0.3) is 5.91 Å². The topological polar surface area (TPSA) is 63.1 Å². The van der Waals surface area contributed by atoms with E-state index in [0.717, 1.165) is 40.0 Å². The highest BCUT2D eigenvalue weighted by molar-refractivity contribution is 8.00. The van der Waals surface area contributed by atoms with Crippen molar-refractivity contribution >= 4 is 40.2 Å². The molecule has 0 radical (unpaired) electrons. The maximum absolute atomic E-state index is 13.8. The van der Waals surface area contributed by atoms with E-state index in [-0.39, 0.29) is 18.2 Å². The predicted molar refractivity (Wildman–Crippen MR) is 136 cm³/mol. The molecule has 0 unspecified atom stereocenters. The third-order valence-electron chi connectivity index (χ3n) is 5.58. The van der Waals surface area contributed by atoms with Gasteiger partial charge in [-0.1, -0.05) is 43.3 Å². The number of amides is 2. The Kier molecular flexibility index (Phi) is 7.82. The summed E-state index contributed by atoms with van der Waals surface area (Å²) in [7, 11) is 0. The Balaban J connectivity index is 1.38. The van der Waals surface area contributed by atoms with Gasteiger partial charge in [-0.25, -0.2) is 8.78 Å². The Morgan fingerprint density at radius 1 is 0.943 bits per heavy atom. The highest BCUT2D eigenvalue weighted by atomic mass is 32.2. The van der Waals surface area contributed by atoms with Crippen molar-refractivity contribution in [1.82, 2.24) is 9.88 Å². The maximum Gasteiger partial charge on any atom is 0.257 e. The van der Waals surface area contributed by atoms with Crippen LogP contribution in [-0.2, 0) is 17.8 Å². The fourth-order valence-corrected chi connectivity index (χ4v) is 4.66. The number of anilines is 1. The molecular formula is C27H25F2N3O2S. The summed E-state index contributed by atoms with van der Waals surface area (Å²) < 4.78 is 29.6. The third-order valence-corrected chi connectivity index (χ3v) is 6.63. The van der Waals surface area contributed by atoms with Crippen LogP contribution in [0.1, 0.15) is 22.8 Å². The number of aromatic nitrogens is 1. The number of benzene rings is 3. The van der Waals surface area contributed by atoms with E-state index in [1.165, 1.54) is 23.4 Å². The molecule has 0 fully saturated rings. The van der Waals surface area contributed by atoms with Crippen LogP contribution in [0.25, 0.3) is 10.9 Å². The molecule has 0 saturated heterocycles. The second-order valence-electron chi connectivity index (χ2n) is 7.94. The number of aryl methyl sites for hydroxylation is 1. The van der Waals surface area contributed by atoms with Crippen molar-refractivity contribution in [2.45, 2.75) is 24.8 Å². The fraction of sp³-hybridized carbons (Fsp3) is 0.185. The van der Waals surface area contributed by atoms with Gasteiger partial charge in [-0.05, 0) is 42.3 Å². The largest absolute Gasteiger partial charge is 0.350 e. The molecule has 4 rings (SSSR count). The van der Waals surface area contributed by atoms with Crippen molar-refractivity contribution in [3.63, 3.8) is 0 Å². The molecule has 4 aromatic rings. The van der Waals surface area contributed by atoms with E-state index in [2.05, 4.69) is 17.6 Å². The Labute approximate surface area is 206 Å². The first-order valence-electron chi connectivity index (χ1n) is 11.3. The van der Waals surface area contributed by atoms with Gasteiger partial charge >= 0.3 is 0 Å². The smallest absolute Gasteiger partial charge is 0.257 e. The lowest BCUT2D eigenvalue weighted by atomic mass is 10.1. The molecule has 2 amide bonds. The van der Waals surface area contributed by atoms with Crippen molar-refractivity contribution in [2.24, 2.45) is 0 Å². The Hall–Kier alpha value is -3.65. The van der Waals surface area contributed by atoms with Crippen LogP contribution in [-0.4, -0.2) is 28.7 Å². The van der Waals surface area contributed by atoms with Gasteiger partial charge in [0.05, 0.1) is 5.75 Å². The first-order chi connectivity index (χ1) is 17.0. The zero-order valence-electron chi connectivity index (χ0n) is 19.2. The molecule has 35 heavy (non-hydrogen) atoms. The van der Waals surface area contributed by atoms with Crippen LogP contribution < -0.4 is 10.6 Å². The van der Waals surface area contributed by atoms with Crippen LogP contribution in [0.5, 0.6) is 0 Å². The van der Waals surface area contributed by atoms with Gasteiger partial charge in [-0.2, -0.15) is 0 Å². The average Bonchev–Trinajstić information content (AvgIpc) is 3.21. The Morgan fingerprint density at radius 3 is 2.37 bits per heavy atom. The maximum atomic E-state index is 13.8. The molecule has 1 heterocycles. The quantitative estimate of drug-likeness (QED) is 0.297. The van der Waals surface area contributed by atoms with Crippen molar-refractivity contribution in [3.05, 3.63) is 95.7 Å². The number of fused-ring (bicyclic) bond motifs is 1. The van der Waals surface area contributed by atoms with Crippen LogP contribution in [0, 0.1) is 11.6 Å². The van der Waals surface area contributed by atoms with Gasteiger partial charge in [-0.15, -0.1) is 11.8 Å². The van der Waals surface area contributed by atoms with Gasteiger partial charge in [0, 0.05) is 40.8 Å². The van der Waals surface area contributed by atoms with Gasteiger partial charge < -0.3 is 15.2 Å². The Morgan fingerprint density at radius 2 is 1.66 bits per heavy atom. The number of nitrogens with zero attached hydrogens (tertiary/aromatic N) is 1. The highest BCUT2D eigenvalue weighted by Crippen LogP contribution is 2.30. The first kappa shape index (κ1) is 24.5. The summed E-state index contributed by atoms with van der Waals surface area (Å²) in [5.41, 5.74) is 2.33. The van der Waals surface area contributed by atoms with E-state index in [1.54, 1.807) is 0 Å². The van der Waals surface area contributed by atoms with Crippen LogP contribution in [0.3, 0.4) is 0 Å². The minimum Gasteiger partial charge on any atom is -0.350 e. The number of carbonyl (C=O) groups excluding carboxylic acids is 2. The van der Waals surface area contributed by atoms with Crippen molar-refractivity contribution in [1.29, 1.82) is 0 Å². The molecule has 0 aliphatic rings. The number of nitrogens with one attached hydrogen (secondary N) is 2. The number of hydrogen-bond acceptors (Lipinski definition) is 3. The number of halogens is 2. The molecule has 180 valence electrons. The number of para-hydroxylation sites is 1. The summed E-state index contributed by atoms with van der Waals surface area (Å²) in [5.74, 6) is -2.45. The van der Waals surface area contributed by atoms with E-state index in [0.29, 0.717) is 6.54 Å². The molecule has 5 nitrogen and oxygen atoms in total. The standard InChI is InChI=1S/C27H25F2N3O2S/c1-2-18-10-12-19(13-11-18)31-25(33)17-35-24-16-32(23-9-4-3-6-20(23)24)15-14-30-27(34)26-21(28)7-5-8-22(26)29/h3-13,16H,2,14-15,17H2,1H3,(H,30,34)(H,31,33). The van der Waals surface area contributed by atoms with E-state index in [9.17, 15) is 18.4 Å².